The molecule has 0 radical (unpaired) electrons. The average Bonchev–Trinajstić information content (AvgIpc) is 3.46. The molecular formula is C29H38F2N6O5. The fourth-order valence-electron chi connectivity index (χ4n) is 3.97. The van der Waals surface area contributed by atoms with Gasteiger partial charge in [0.05, 0.1) is 32.3 Å². The number of halogens is 2. The fourth-order valence-corrected chi connectivity index (χ4v) is 3.97. The molecule has 1 aliphatic rings. The molecule has 1 unspecified atom stereocenters. The molecule has 0 bridgehead atoms. The minimum atomic E-state index is -2.96. The van der Waals surface area contributed by atoms with Gasteiger partial charge < -0.3 is 34.9 Å². The van der Waals surface area contributed by atoms with Crippen LogP contribution in [0.25, 0.3) is 0 Å². The Labute approximate surface area is 244 Å². The van der Waals surface area contributed by atoms with Crippen molar-refractivity contribution >= 4 is 24.0 Å². The standard InChI is InChI=1S/C13H18F2N4O2.C8H10N2O3.C8H10/c1-16-11-5-9(3-4-17-11)10(6-21-2)19-8-13(14,15)7-18-12(19)20;1-2-6-5-13-10-7(6)8(12)9-3-4-11;1-7-4-3-5-8(2)6-7/h3-5,10H,6-8H2,1-2H3,(H,16,17)(H,18,20);4-5H,2-3H2,1H3,(H,9,12);3-6H,1-2H3. The Morgan fingerprint density at radius 1 is 1.26 bits per heavy atom. The minimum Gasteiger partial charge on any atom is -0.382 e. The van der Waals surface area contributed by atoms with Crippen molar-refractivity contribution in [2.75, 3.05) is 45.7 Å². The molecule has 2 aromatic heterocycles. The monoisotopic (exact) mass is 588 g/mol. The van der Waals surface area contributed by atoms with Crippen LogP contribution >= 0.6 is 0 Å². The zero-order valence-corrected chi connectivity index (χ0v) is 24.4. The molecule has 228 valence electrons. The van der Waals surface area contributed by atoms with E-state index in [1.165, 1.54) is 24.5 Å². The first-order valence-electron chi connectivity index (χ1n) is 13.3. The lowest BCUT2D eigenvalue weighted by Crippen LogP contribution is -2.58. The number of anilines is 1. The lowest BCUT2D eigenvalue weighted by atomic mass is 10.1. The van der Waals surface area contributed by atoms with Crippen molar-refractivity contribution in [2.45, 2.75) is 39.2 Å². The predicted molar refractivity (Wildman–Crippen MR) is 154 cm³/mol. The van der Waals surface area contributed by atoms with Crippen LogP contribution in [-0.2, 0) is 16.0 Å². The molecule has 3 amide bonds. The summed E-state index contributed by atoms with van der Waals surface area (Å²) in [6.07, 6.45) is 4.27. The van der Waals surface area contributed by atoms with Gasteiger partial charge in [-0.25, -0.2) is 18.6 Å². The lowest BCUT2D eigenvalue weighted by Gasteiger charge is -2.38. The van der Waals surface area contributed by atoms with Crippen molar-refractivity contribution in [3.05, 3.63) is 76.8 Å². The van der Waals surface area contributed by atoms with Gasteiger partial charge in [0.2, 0.25) is 0 Å². The Balaban J connectivity index is 0.000000248. The van der Waals surface area contributed by atoms with E-state index in [0.29, 0.717) is 24.1 Å². The number of aryl methyl sites for hydroxylation is 3. The third kappa shape index (κ3) is 10.5. The van der Waals surface area contributed by atoms with Crippen LogP contribution in [0.2, 0.25) is 0 Å². The number of aldehydes is 1. The molecule has 42 heavy (non-hydrogen) atoms. The highest BCUT2D eigenvalue weighted by Crippen LogP contribution is 2.28. The van der Waals surface area contributed by atoms with Crippen LogP contribution in [0, 0.1) is 13.8 Å². The molecule has 0 aliphatic carbocycles. The second kappa shape index (κ2) is 16.8. The third-order valence-corrected chi connectivity index (χ3v) is 6.05. The minimum absolute atomic E-state index is 0.00511. The second-order valence-electron chi connectivity index (χ2n) is 9.41. The summed E-state index contributed by atoms with van der Waals surface area (Å²) in [5.41, 5.74) is 4.35. The van der Waals surface area contributed by atoms with Crippen LogP contribution in [0.4, 0.5) is 19.4 Å². The predicted octanol–water partition coefficient (Wildman–Crippen LogP) is 3.94. The van der Waals surface area contributed by atoms with Gasteiger partial charge in [-0.3, -0.25) is 4.79 Å². The van der Waals surface area contributed by atoms with Crippen LogP contribution in [0.3, 0.4) is 0 Å². The first-order valence-corrected chi connectivity index (χ1v) is 13.3. The van der Waals surface area contributed by atoms with Gasteiger partial charge in [-0.05, 0) is 38.0 Å². The Morgan fingerprint density at radius 2 is 1.98 bits per heavy atom. The first-order chi connectivity index (χ1) is 20.0. The maximum atomic E-state index is 13.6. The summed E-state index contributed by atoms with van der Waals surface area (Å²) < 4.78 is 36.9. The van der Waals surface area contributed by atoms with E-state index in [1.54, 1.807) is 25.4 Å². The molecule has 4 rings (SSSR count). The van der Waals surface area contributed by atoms with E-state index in [1.807, 2.05) is 6.92 Å². The summed E-state index contributed by atoms with van der Waals surface area (Å²) in [5.74, 6) is -2.74. The summed E-state index contributed by atoms with van der Waals surface area (Å²) in [6, 6.07) is 10.7. The lowest BCUT2D eigenvalue weighted by molar-refractivity contribution is -0.107. The maximum absolute atomic E-state index is 13.6. The average molecular weight is 589 g/mol. The quantitative estimate of drug-likeness (QED) is 0.320. The number of methoxy groups -OCH3 is 1. The molecule has 3 heterocycles. The van der Waals surface area contributed by atoms with E-state index < -0.39 is 31.1 Å². The van der Waals surface area contributed by atoms with Crippen molar-refractivity contribution < 1.29 is 32.4 Å². The van der Waals surface area contributed by atoms with Gasteiger partial charge in [0, 0.05) is 25.9 Å². The summed E-state index contributed by atoms with van der Waals surface area (Å²) in [5, 5.41) is 11.0. The number of pyridine rings is 1. The van der Waals surface area contributed by atoms with E-state index in [2.05, 4.69) is 68.7 Å². The van der Waals surface area contributed by atoms with Crippen LogP contribution in [0.1, 0.15) is 45.7 Å². The van der Waals surface area contributed by atoms with Crippen molar-refractivity contribution in [1.29, 1.82) is 0 Å². The number of amides is 3. The molecule has 3 N–H and O–H groups in total. The number of carbonyl (C=O) groups excluding carboxylic acids is 3. The van der Waals surface area contributed by atoms with Gasteiger partial charge in [-0.15, -0.1) is 0 Å². The number of ether oxygens (including phenoxy) is 1. The van der Waals surface area contributed by atoms with E-state index in [-0.39, 0.29) is 24.8 Å². The Hall–Kier alpha value is -4.39. The largest absolute Gasteiger partial charge is 0.382 e. The first kappa shape index (κ1) is 33.8. The van der Waals surface area contributed by atoms with Gasteiger partial charge in [0.25, 0.3) is 11.8 Å². The van der Waals surface area contributed by atoms with Crippen molar-refractivity contribution in [2.24, 2.45) is 0 Å². The Bertz CT molecular complexity index is 1290. The number of hydrogen-bond acceptors (Lipinski definition) is 8. The zero-order valence-electron chi connectivity index (χ0n) is 24.4. The highest BCUT2D eigenvalue weighted by Gasteiger charge is 2.42. The van der Waals surface area contributed by atoms with E-state index in [9.17, 15) is 23.2 Å². The number of aromatic nitrogens is 2. The number of hydrogen-bond donors (Lipinski definition) is 3. The van der Waals surface area contributed by atoms with Crippen LogP contribution < -0.4 is 16.0 Å². The molecule has 1 atom stereocenters. The van der Waals surface area contributed by atoms with E-state index in [4.69, 9.17) is 4.74 Å². The number of rotatable bonds is 9. The van der Waals surface area contributed by atoms with Gasteiger partial charge in [0.1, 0.15) is 18.4 Å². The van der Waals surface area contributed by atoms with E-state index in [0.717, 1.165) is 10.5 Å². The van der Waals surface area contributed by atoms with Gasteiger partial charge >= 0.3 is 6.03 Å². The number of nitrogens with one attached hydrogen (secondary N) is 3. The summed E-state index contributed by atoms with van der Waals surface area (Å²) >= 11 is 0. The molecular weight excluding hydrogens is 550 g/mol. The van der Waals surface area contributed by atoms with Crippen LogP contribution in [0.5, 0.6) is 0 Å². The van der Waals surface area contributed by atoms with Crippen LogP contribution in [0.15, 0.2) is 53.4 Å². The highest BCUT2D eigenvalue weighted by molar-refractivity contribution is 5.94. The fraction of sp³-hybridized carbons (Fsp3) is 0.414. The number of nitrogens with zero attached hydrogens (tertiary/aromatic N) is 3. The molecule has 11 nitrogen and oxygen atoms in total. The normalized spacial score (nSPS) is 14.3. The maximum Gasteiger partial charge on any atom is 0.318 e. The molecule has 1 aromatic carbocycles. The van der Waals surface area contributed by atoms with Crippen molar-refractivity contribution in [1.82, 2.24) is 25.7 Å². The number of alkyl halides is 2. The van der Waals surface area contributed by atoms with E-state index >= 15 is 0 Å². The smallest absolute Gasteiger partial charge is 0.318 e. The topological polar surface area (TPSA) is 139 Å². The van der Waals surface area contributed by atoms with Crippen LogP contribution in [-0.4, -0.2) is 79.6 Å². The molecule has 0 spiro atoms. The number of carbonyl (C=O) groups is 3. The van der Waals surface area contributed by atoms with Crippen molar-refractivity contribution in [3.63, 3.8) is 0 Å². The van der Waals surface area contributed by atoms with Gasteiger partial charge in [-0.1, -0.05) is 47.5 Å². The third-order valence-electron chi connectivity index (χ3n) is 6.05. The molecule has 3 aromatic rings. The highest BCUT2D eigenvalue weighted by atomic mass is 19.3. The van der Waals surface area contributed by atoms with Gasteiger partial charge in [-0.2, -0.15) is 0 Å². The summed E-state index contributed by atoms with van der Waals surface area (Å²) in [6.45, 7) is 4.94. The summed E-state index contributed by atoms with van der Waals surface area (Å²) in [7, 11) is 3.17. The molecule has 0 saturated carbocycles. The second-order valence-corrected chi connectivity index (χ2v) is 9.41. The van der Waals surface area contributed by atoms with Crippen molar-refractivity contribution in [3.8, 4) is 0 Å². The molecule has 1 aliphatic heterocycles. The molecule has 1 fully saturated rings. The Morgan fingerprint density at radius 3 is 2.55 bits per heavy atom. The number of benzene rings is 1. The van der Waals surface area contributed by atoms with Gasteiger partial charge in [0.15, 0.2) is 5.69 Å². The molecule has 13 heteroatoms. The zero-order chi connectivity index (χ0) is 31.1. The number of urea groups is 1. The summed E-state index contributed by atoms with van der Waals surface area (Å²) in [4.78, 5) is 38.3. The Kier molecular flexibility index (Phi) is 13.5. The SMILES string of the molecule is CCc1conc1C(=O)NCC=O.CNc1cc(C(COC)N2CC(F)(F)CNC2=O)ccn1.Cc1cccc(C)c1. The molecule has 1 saturated heterocycles.